The summed E-state index contributed by atoms with van der Waals surface area (Å²) >= 11 is 6.09. The van der Waals surface area contributed by atoms with Crippen molar-refractivity contribution in [2.24, 2.45) is 7.05 Å². The second kappa shape index (κ2) is 8.56. The Morgan fingerprint density at radius 1 is 1.48 bits per heavy atom. The first-order valence-electron chi connectivity index (χ1n) is 7.93. The van der Waals surface area contributed by atoms with Crippen LogP contribution in [0.1, 0.15) is 17.4 Å². The fourth-order valence-corrected chi connectivity index (χ4v) is 3.06. The van der Waals surface area contributed by atoms with Gasteiger partial charge in [-0.05, 0) is 19.1 Å². The van der Waals surface area contributed by atoms with Crippen molar-refractivity contribution in [2.45, 2.75) is 13.0 Å². The van der Waals surface area contributed by atoms with Crippen LogP contribution >= 0.6 is 24.0 Å². The van der Waals surface area contributed by atoms with Crippen LogP contribution in [-0.4, -0.2) is 46.6 Å². The topological polar surface area (TPSA) is 59.4 Å². The van der Waals surface area contributed by atoms with Gasteiger partial charge in [-0.2, -0.15) is 0 Å². The molecular formula is C17H22Cl2N4O2. The van der Waals surface area contributed by atoms with Crippen LogP contribution in [0.25, 0.3) is 0 Å². The third-order valence-electron chi connectivity index (χ3n) is 4.29. The van der Waals surface area contributed by atoms with Crippen molar-refractivity contribution >= 4 is 29.9 Å². The molecule has 3 rings (SSSR count). The lowest BCUT2D eigenvalue weighted by Crippen LogP contribution is -2.50. The molecule has 1 amide bonds. The Kier molecular flexibility index (Phi) is 6.70. The summed E-state index contributed by atoms with van der Waals surface area (Å²) in [4.78, 5) is 18.9. The Bertz CT molecular complexity index is 735. The van der Waals surface area contributed by atoms with E-state index in [1.165, 1.54) is 0 Å². The number of imidazole rings is 1. The van der Waals surface area contributed by atoms with Crippen LogP contribution in [0.3, 0.4) is 0 Å². The fraction of sp³-hybridized carbons (Fsp3) is 0.412. The molecule has 1 saturated heterocycles. The van der Waals surface area contributed by atoms with E-state index in [4.69, 9.17) is 16.3 Å². The highest BCUT2D eigenvalue weighted by atomic mass is 35.5. The summed E-state index contributed by atoms with van der Waals surface area (Å²) < 4.78 is 7.65. The number of piperazine rings is 1. The van der Waals surface area contributed by atoms with E-state index in [9.17, 15) is 4.79 Å². The molecule has 25 heavy (non-hydrogen) atoms. The van der Waals surface area contributed by atoms with E-state index in [1.807, 2.05) is 41.8 Å². The molecule has 0 spiro atoms. The molecular weight excluding hydrogens is 363 g/mol. The Morgan fingerprint density at radius 3 is 3.00 bits per heavy atom. The molecule has 1 N–H and O–H groups in total. The van der Waals surface area contributed by atoms with Crippen LogP contribution in [-0.2, 0) is 11.8 Å². The van der Waals surface area contributed by atoms with E-state index in [-0.39, 0.29) is 31.0 Å². The van der Waals surface area contributed by atoms with E-state index in [0.717, 1.165) is 17.9 Å². The van der Waals surface area contributed by atoms with Crippen LogP contribution in [0.4, 0.5) is 0 Å². The third-order valence-corrected chi connectivity index (χ3v) is 4.70. The van der Waals surface area contributed by atoms with Gasteiger partial charge in [0.25, 0.3) is 5.91 Å². The minimum Gasteiger partial charge on any atom is -0.483 e. The average molecular weight is 385 g/mol. The number of benzene rings is 1. The maximum atomic E-state index is 12.7. The third kappa shape index (κ3) is 4.26. The average Bonchev–Trinajstić information content (AvgIpc) is 3.02. The standard InChI is InChI=1S/C17H21ClN4O2.ClH/c1-12-13(18)4-3-5-15(12)24-11-16(23)22-9-6-19-10-14(22)17-20-7-8-21(17)2;/h3-5,7-8,14,19H,6,9-11H2,1-2H3;1H. The van der Waals surface area contributed by atoms with Gasteiger partial charge in [-0.3, -0.25) is 4.79 Å². The number of aryl methyl sites for hydroxylation is 1. The molecule has 0 aliphatic carbocycles. The first-order chi connectivity index (χ1) is 11.6. The maximum absolute atomic E-state index is 12.7. The molecule has 0 radical (unpaired) electrons. The Morgan fingerprint density at radius 2 is 2.28 bits per heavy atom. The highest BCUT2D eigenvalue weighted by Crippen LogP contribution is 2.26. The van der Waals surface area contributed by atoms with Gasteiger partial charge in [0.05, 0.1) is 0 Å². The highest BCUT2D eigenvalue weighted by molar-refractivity contribution is 6.31. The van der Waals surface area contributed by atoms with Crippen molar-refractivity contribution in [1.82, 2.24) is 19.8 Å². The van der Waals surface area contributed by atoms with E-state index >= 15 is 0 Å². The van der Waals surface area contributed by atoms with Gasteiger partial charge < -0.3 is 19.5 Å². The molecule has 2 aromatic rings. The number of rotatable bonds is 4. The lowest BCUT2D eigenvalue weighted by molar-refractivity contribution is -0.137. The summed E-state index contributed by atoms with van der Waals surface area (Å²) in [5, 5.41) is 3.95. The lowest BCUT2D eigenvalue weighted by atomic mass is 10.1. The molecule has 6 nitrogen and oxygen atoms in total. The normalized spacial score (nSPS) is 17.1. The van der Waals surface area contributed by atoms with Crippen molar-refractivity contribution in [3.63, 3.8) is 0 Å². The molecule has 1 fully saturated rings. The van der Waals surface area contributed by atoms with Gasteiger partial charge in [-0.25, -0.2) is 4.98 Å². The van der Waals surface area contributed by atoms with Crippen molar-refractivity contribution in [3.05, 3.63) is 47.0 Å². The zero-order chi connectivity index (χ0) is 17.1. The monoisotopic (exact) mass is 384 g/mol. The molecule has 136 valence electrons. The summed E-state index contributed by atoms with van der Waals surface area (Å²) in [5.41, 5.74) is 0.841. The molecule has 8 heteroatoms. The summed E-state index contributed by atoms with van der Waals surface area (Å²) in [6, 6.07) is 5.35. The van der Waals surface area contributed by atoms with Crippen molar-refractivity contribution in [2.75, 3.05) is 26.2 Å². The first kappa shape index (κ1) is 19.6. The summed E-state index contributed by atoms with van der Waals surface area (Å²) in [7, 11) is 1.94. The number of nitrogens with one attached hydrogen (secondary N) is 1. The van der Waals surface area contributed by atoms with Crippen LogP contribution in [0.2, 0.25) is 5.02 Å². The Balaban J connectivity index is 0.00000225. The predicted octanol–water partition coefficient (Wildman–Crippen LogP) is 2.36. The molecule has 1 aliphatic heterocycles. The van der Waals surface area contributed by atoms with Gasteiger partial charge in [0, 0.05) is 49.7 Å². The van der Waals surface area contributed by atoms with Gasteiger partial charge in [-0.15, -0.1) is 12.4 Å². The van der Waals surface area contributed by atoms with E-state index in [2.05, 4.69) is 10.3 Å². The van der Waals surface area contributed by atoms with Crippen LogP contribution in [0, 0.1) is 6.92 Å². The minimum atomic E-state index is -0.0877. The smallest absolute Gasteiger partial charge is 0.261 e. The number of halogens is 2. The molecule has 1 unspecified atom stereocenters. The van der Waals surface area contributed by atoms with E-state index < -0.39 is 0 Å². The number of hydrogen-bond donors (Lipinski definition) is 1. The molecule has 0 saturated carbocycles. The summed E-state index contributed by atoms with van der Waals surface area (Å²) in [5.74, 6) is 1.46. The highest BCUT2D eigenvalue weighted by Gasteiger charge is 2.30. The zero-order valence-corrected chi connectivity index (χ0v) is 15.8. The molecule has 1 aromatic carbocycles. The van der Waals surface area contributed by atoms with Gasteiger partial charge in [0.2, 0.25) is 0 Å². The van der Waals surface area contributed by atoms with Crippen molar-refractivity contribution in [1.29, 1.82) is 0 Å². The van der Waals surface area contributed by atoms with E-state index in [1.54, 1.807) is 12.3 Å². The number of carbonyl (C=O) groups is 1. The molecule has 1 atom stereocenters. The first-order valence-corrected chi connectivity index (χ1v) is 8.31. The summed E-state index contributed by atoms with van der Waals surface area (Å²) in [6.45, 7) is 3.95. The fourth-order valence-electron chi connectivity index (χ4n) is 2.90. The van der Waals surface area contributed by atoms with Crippen LogP contribution in [0.5, 0.6) is 5.75 Å². The zero-order valence-electron chi connectivity index (χ0n) is 14.2. The van der Waals surface area contributed by atoms with Crippen molar-refractivity contribution < 1.29 is 9.53 Å². The quantitative estimate of drug-likeness (QED) is 0.878. The lowest BCUT2D eigenvalue weighted by Gasteiger charge is -2.35. The maximum Gasteiger partial charge on any atom is 0.261 e. The van der Waals surface area contributed by atoms with Gasteiger partial charge in [0.1, 0.15) is 17.6 Å². The van der Waals surface area contributed by atoms with Crippen LogP contribution < -0.4 is 10.1 Å². The molecule has 0 bridgehead atoms. The van der Waals surface area contributed by atoms with E-state index in [0.29, 0.717) is 23.9 Å². The Labute approximate surface area is 158 Å². The SMILES string of the molecule is Cc1c(Cl)cccc1OCC(=O)N1CCNCC1c1nccn1C.Cl. The number of nitrogens with zero attached hydrogens (tertiary/aromatic N) is 3. The second-order valence-corrected chi connectivity index (χ2v) is 6.26. The Hall–Kier alpha value is -1.76. The minimum absolute atomic E-state index is 0. The van der Waals surface area contributed by atoms with Gasteiger partial charge >= 0.3 is 0 Å². The second-order valence-electron chi connectivity index (χ2n) is 5.86. The summed E-state index contributed by atoms with van der Waals surface area (Å²) in [6.07, 6.45) is 3.64. The van der Waals surface area contributed by atoms with Crippen LogP contribution in [0.15, 0.2) is 30.6 Å². The number of hydrogen-bond acceptors (Lipinski definition) is 4. The number of carbonyl (C=O) groups excluding carboxylic acids is 1. The molecule has 2 heterocycles. The number of ether oxygens (including phenoxy) is 1. The number of aromatic nitrogens is 2. The molecule has 1 aliphatic rings. The molecule has 1 aromatic heterocycles. The van der Waals surface area contributed by atoms with Gasteiger partial charge in [-0.1, -0.05) is 17.7 Å². The predicted molar refractivity (Wildman–Crippen MR) is 99.5 cm³/mol. The van der Waals surface area contributed by atoms with Crippen molar-refractivity contribution in [3.8, 4) is 5.75 Å². The largest absolute Gasteiger partial charge is 0.483 e. The number of amides is 1. The van der Waals surface area contributed by atoms with Gasteiger partial charge in [0.15, 0.2) is 6.61 Å².